The maximum Gasteiger partial charge on any atom is 0.312 e. The minimum Gasteiger partial charge on any atom is -0.375 e. The van der Waals surface area contributed by atoms with Gasteiger partial charge in [-0.05, 0) is 23.8 Å². The normalized spacial score (nSPS) is 19.3. The number of nitrogens with one attached hydrogen (secondary N) is 1. The fraction of sp³-hybridized carbons (Fsp3) is 0.579. The molecule has 25 heavy (non-hydrogen) atoms. The summed E-state index contributed by atoms with van der Waals surface area (Å²) in [4.78, 5) is 26.0. The molecule has 1 saturated heterocycles. The van der Waals surface area contributed by atoms with Crippen molar-refractivity contribution in [2.75, 3.05) is 19.7 Å². The quantitative estimate of drug-likeness (QED) is 0.853. The van der Waals surface area contributed by atoms with Crippen LogP contribution in [0, 0.1) is 5.41 Å². The molecule has 0 radical (unpaired) electrons. The lowest BCUT2D eigenvalue weighted by atomic mass is 9.85. The number of rotatable bonds is 5. The van der Waals surface area contributed by atoms with Crippen LogP contribution in [0.2, 0.25) is 0 Å². The van der Waals surface area contributed by atoms with E-state index in [1.165, 1.54) is 5.56 Å². The van der Waals surface area contributed by atoms with Crippen LogP contribution in [0.3, 0.4) is 0 Å². The van der Waals surface area contributed by atoms with Crippen molar-refractivity contribution >= 4 is 11.9 Å². The average molecular weight is 347 g/mol. The number of nitrogens with two attached hydrogens (primary N) is 1. The SMILES string of the molecule is CC(C)(C)[C@@H](NC(N)=O)C(=O)N1CCO[C@@H](CCc2ccccc2)C1. The minimum atomic E-state index is -0.679. The van der Waals surface area contributed by atoms with Crippen LogP contribution in [0.25, 0.3) is 0 Å². The highest BCUT2D eigenvalue weighted by Crippen LogP contribution is 2.22. The Kier molecular flexibility index (Phi) is 6.42. The smallest absolute Gasteiger partial charge is 0.312 e. The highest BCUT2D eigenvalue weighted by molar-refractivity contribution is 5.87. The molecular weight excluding hydrogens is 318 g/mol. The summed E-state index contributed by atoms with van der Waals surface area (Å²) < 4.78 is 5.82. The van der Waals surface area contributed by atoms with Crippen molar-refractivity contribution in [2.24, 2.45) is 11.1 Å². The van der Waals surface area contributed by atoms with Gasteiger partial charge in [0, 0.05) is 13.1 Å². The zero-order chi connectivity index (χ0) is 18.4. The molecule has 3 N–H and O–H groups in total. The largest absolute Gasteiger partial charge is 0.375 e. The van der Waals surface area contributed by atoms with Gasteiger partial charge in [0.15, 0.2) is 0 Å². The molecule has 6 nitrogen and oxygen atoms in total. The molecule has 1 fully saturated rings. The number of carbonyl (C=O) groups excluding carboxylic acids is 2. The van der Waals surface area contributed by atoms with E-state index >= 15 is 0 Å². The topological polar surface area (TPSA) is 84.7 Å². The molecule has 0 spiro atoms. The molecule has 1 aliphatic heterocycles. The Morgan fingerprint density at radius 1 is 1.32 bits per heavy atom. The summed E-state index contributed by atoms with van der Waals surface area (Å²) in [7, 11) is 0. The number of nitrogens with zero attached hydrogens (tertiary/aromatic N) is 1. The third-order valence-corrected chi connectivity index (χ3v) is 4.45. The van der Waals surface area contributed by atoms with E-state index in [0.29, 0.717) is 19.7 Å². The molecule has 2 atom stereocenters. The van der Waals surface area contributed by atoms with Crippen LogP contribution in [-0.4, -0.2) is 48.7 Å². The number of amides is 3. The number of carbonyl (C=O) groups is 2. The van der Waals surface area contributed by atoms with Gasteiger partial charge in [0.1, 0.15) is 6.04 Å². The fourth-order valence-corrected chi connectivity index (χ4v) is 3.04. The molecule has 1 heterocycles. The number of ether oxygens (including phenoxy) is 1. The van der Waals surface area contributed by atoms with Gasteiger partial charge in [0.2, 0.25) is 5.91 Å². The van der Waals surface area contributed by atoms with Crippen molar-refractivity contribution in [3.05, 3.63) is 35.9 Å². The number of aryl methyl sites for hydroxylation is 1. The Labute approximate surface area is 149 Å². The lowest BCUT2D eigenvalue weighted by Crippen LogP contribution is -2.58. The van der Waals surface area contributed by atoms with Crippen LogP contribution in [0.15, 0.2) is 30.3 Å². The summed E-state index contributed by atoms with van der Waals surface area (Å²) in [6, 6.07) is 8.92. The van der Waals surface area contributed by atoms with Gasteiger partial charge in [0.05, 0.1) is 12.7 Å². The van der Waals surface area contributed by atoms with E-state index in [9.17, 15) is 9.59 Å². The molecule has 6 heteroatoms. The van der Waals surface area contributed by atoms with Gasteiger partial charge in [-0.1, -0.05) is 51.1 Å². The number of hydrogen-bond donors (Lipinski definition) is 2. The van der Waals surface area contributed by atoms with Gasteiger partial charge in [-0.15, -0.1) is 0 Å². The van der Waals surface area contributed by atoms with Crippen molar-refractivity contribution in [1.82, 2.24) is 10.2 Å². The van der Waals surface area contributed by atoms with Crippen LogP contribution in [-0.2, 0) is 16.0 Å². The van der Waals surface area contributed by atoms with Crippen molar-refractivity contribution in [2.45, 2.75) is 45.8 Å². The monoisotopic (exact) mass is 347 g/mol. The fourth-order valence-electron chi connectivity index (χ4n) is 3.04. The Morgan fingerprint density at radius 2 is 2.00 bits per heavy atom. The van der Waals surface area contributed by atoms with Gasteiger partial charge in [-0.25, -0.2) is 4.79 Å². The van der Waals surface area contributed by atoms with Gasteiger partial charge in [-0.3, -0.25) is 4.79 Å². The molecule has 0 bridgehead atoms. The van der Waals surface area contributed by atoms with Crippen LogP contribution < -0.4 is 11.1 Å². The predicted octanol–water partition coefficient (Wildman–Crippen LogP) is 1.93. The van der Waals surface area contributed by atoms with Crippen LogP contribution >= 0.6 is 0 Å². The first-order valence-electron chi connectivity index (χ1n) is 8.77. The molecule has 0 aromatic heterocycles. The number of benzene rings is 1. The van der Waals surface area contributed by atoms with Crippen molar-refractivity contribution in [3.63, 3.8) is 0 Å². The maximum absolute atomic E-state index is 12.9. The zero-order valence-corrected chi connectivity index (χ0v) is 15.3. The lowest BCUT2D eigenvalue weighted by molar-refractivity contribution is -0.143. The van der Waals surface area contributed by atoms with Gasteiger partial charge in [0.25, 0.3) is 0 Å². The molecule has 1 aromatic carbocycles. The Hall–Kier alpha value is -2.08. The standard InChI is InChI=1S/C19H29N3O3/c1-19(2,3)16(21-18(20)24)17(23)22-11-12-25-15(13-22)10-9-14-7-5-4-6-8-14/h4-8,15-16H,9-13H2,1-3H3,(H3,20,21,24)/t15-,16-/m0/s1. The number of morpholine rings is 1. The number of primary amides is 1. The number of hydrogen-bond acceptors (Lipinski definition) is 3. The van der Waals surface area contributed by atoms with E-state index in [2.05, 4.69) is 17.4 Å². The summed E-state index contributed by atoms with van der Waals surface area (Å²) in [5, 5.41) is 2.60. The molecule has 1 aliphatic rings. The molecule has 2 rings (SSSR count). The lowest BCUT2D eigenvalue weighted by Gasteiger charge is -2.38. The summed E-state index contributed by atoms with van der Waals surface area (Å²) in [6.07, 6.45) is 1.78. The second-order valence-corrected chi connectivity index (χ2v) is 7.61. The Balaban J connectivity index is 1.96. The minimum absolute atomic E-state index is 0.00658. The van der Waals surface area contributed by atoms with E-state index in [-0.39, 0.29) is 12.0 Å². The molecule has 0 saturated carbocycles. The first kappa shape index (κ1) is 19.2. The molecule has 138 valence electrons. The number of urea groups is 1. The van der Waals surface area contributed by atoms with Crippen molar-refractivity contribution in [3.8, 4) is 0 Å². The van der Waals surface area contributed by atoms with E-state index in [4.69, 9.17) is 10.5 Å². The van der Waals surface area contributed by atoms with E-state index < -0.39 is 17.5 Å². The van der Waals surface area contributed by atoms with Crippen molar-refractivity contribution in [1.29, 1.82) is 0 Å². The van der Waals surface area contributed by atoms with Gasteiger partial charge in [-0.2, -0.15) is 0 Å². The van der Waals surface area contributed by atoms with Crippen molar-refractivity contribution < 1.29 is 14.3 Å². The van der Waals surface area contributed by atoms with Gasteiger partial charge >= 0.3 is 6.03 Å². The third-order valence-electron chi connectivity index (χ3n) is 4.45. The zero-order valence-electron chi connectivity index (χ0n) is 15.3. The van der Waals surface area contributed by atoms with Gasteiger partial charge < -0.3 is 20.7 Å². The predicted molar refractivity (Wildman–Crippen MR) is 97.0 cm³/mol. The second kappa shape index (κ2) is 8.34. The highest BCUT2D eigenvalue weighted by Gasteiger charge is 2.37. The summed E-state index contributed by atoms with van der Waals surface area (Å²) in [5.41, 5.74) is 6.10. The third kappa shape index (κ3) is 5.74. The van der Waals surface area contributed by atoms with E-state index in [1.54, 1.807) is 4.90 Å². The Bertz CT molecular complexity index is 583. The molecular formula is C19H29N3O3. The average Bonchev–Trinajstić information content (AvgIpc) is 2.57. The van der Waals surface area contributed by atoms with Crippen LogP contribution in [0.1, 0.15) is 32.8 Å². The maximum atomic E-state index is 12.9. The highest BCUT2D eigenvalue weighted by atomic mass is 16.5. The summed E-state index contributed by atoms with van der Waals surface area (Å²) in [6.45, 7) is 7.33. The second-order valence-electron chi connectivity index (χ2n) is 7.61. The molecule has 1 aromatic rings. The summed E-state index contributed by atoms with van der Waals surface area (Å²) in [5.74, 6) is -0.0979. The van der Waals surface area contributed by atoms with Crippen LogP contribution in [0.5, 0.6) is 0 Å². The summed E-state index contributed by atoms with van der Waals surface area (Å²) >= 11 is 0. The Morgan fingerprint density at radius 3 is 2.60 bits per heavy atom. The first-order chi connectivity index (χ1) is 11.8. The van der Waals surface area contributed by atoms with Crippen LogP contribution in [0.4, 0.5) is 4.79 Å². The molecule has 3 amide bonds. The van der Waals surface area contributed by atoms with E-state index in [0.717, 1.165) is 12.8 Å². The first-order valence-corrected chi connectivity index (χ1v) is 8.77. The molecule has 0 unspecified atom stereocenters. The molecule has 0 aliphatic carbocycles. The van der Waals surface area contributed by atoms with E-state index in [1.807, 2.05) is 39.0 Å².